The Morgan fingerprint density at radius 3 is 2.35 bits per heavy atom. The van der Waals surface area contributed by atoms with Crippen molar-refractivity contribution in [1.82, 2.24) is 5.32 Å². The number of morpholine rings is 1. The standard InChI is InChI=1S/C8H7NO4.C4H9NO.ClH/c1-5-2-3-6(8(10)11)4-7(5)9(12)13;1-3-6-4-2-5-1;/h2-4H,1H3,(H,10,11);5H,1-4H2;1H. The molecule has 0 atom stereocenters. The molecule has 8 heteroatoms. The lowest BCUT2D eigenvalue weighted by Gasteiger charge is -2.10. The van der Waals surface area contributed by atoms with Gasteiger partial charge < -0.3 is 15.2 Å². The molecule has 0 radical (unpaired) electrons. The van der Waals surface area contributed by atoms with Crippen molar-refractivity contribution in [2.45, 2.75) is 6.92 Å². The van der Waals surface area contributed by atoms with Gasteiger partial charge in [-0.05, 0) is 13.0 Å². The maximum absolute atomic E-state index is 10.5. The molecule has 1 heterocycles. The summed E-state index contributed by atoms with van der Waals surface area (Å²) in [5, 5.41) is 22.1. The van der Waals surface area contributed by atoms with Crippen LogP contribution in [0.15, 0.2) is 18.2 Å². The van der Waals surface area contributed by atoms with Crippen LogP contribution in [0, 0.1) is 17.0 Å². The third-order valence-corrected chi connectivity index (χ3v) is 2.50. The summed E-state index contributed by atoms with van der Waals surface area (Å²) in [6.45, 7) is 5.39. The Morgan fingerprint density at radius 1 is 1.40 bits per heavy atom. The number of hydrogen-bond donors (Lipinski definition) is 2. The van der Waals surface area contributed by atoms with Gasteiger partial charge in [0, 0.05) is 24.7 Å². The van der Waals surface area contributed by atoms with Crippen molar-refractivity contribution in [3.63, 3.8) is 0 Å². The van der Waals surface area contributed by atoms with Crippen molar-refractivity contribution in [2.24, 2.45) is 0 Å². The number of hydrogen-bond acceptors (Lipinski definition) is 5. The molecule has 0 spiro atoms. The molecule has 0 aliphatic carbocycles. The Hall–Kier alpha value is -1.70. The molecule has 0 saturated carbocycles. The van der Waals surface area contributed by atoms with Gasteiger partial charge in [0.05, 0.1) is 23.7 Å². The zero-order valence-electron chi connectivity index (χ0n) is 11.0. The number of halogens is 1. The maximum Gasteiger partial charge on any atom is 0.335 e. The summed E-state index contributed by atoms with van der Waals surface area (Å²) in [5.74, 6) is -1.16. The SMILES string of the molecule is C1COCCN1.Cc1ccc(C(=O)O)cc1[N+](=O)[O-].Cl. The number of nitro groups is 1. The molecule has 0 amide bonds. The molecule has 1 aliphatic heterocycles. The maximum atomic E-state index is 10.5. The molecular formula is C12H17ClN2O5. The Balaban J connectivity index is 0.000000434. The van der Waals surface area contributed by atoms with E-state index in [1.165, 1.54) is 12.1 Å². The second kappa shape index (κ2) is 9.24. The Kier molecular flexibility index (Phi) is 8.46. The van der Waals surface area contributed by atoms with Crippen molar-refractivity contribution in [2.75, 3.05) is 26.3 Å². The molecular weight excluding hydrogens is 288 g/mol. The van der Waals surface area contributed by atoms with Gasteiger partial charge in [-0.25, -0.2) is 4.79 Å². The average molecular weight is 305 g/mol. The summed E-state index contributed by atoms with van der Waals surface area (Å²) in [7, 11) is 0. The van der Waals surface area contributed by atoms with E-state index in [1.807, 2.05) is 0 Å². The number of benzene rings is 1. The fourth-order valence-corrected chi connectivity index (χ4v) is 1.45. The van der Waals surface area contributed by atoms with Gasteiger partial charge in [-0.1, -0.05) is 6.07 Å². The summed E-state index contributed by atoms with van der Waals surface area (Å²) >= 11 is 0. The number of aromatic carboxylic acids is 1. The number of nitrogens with one attached hydrogen (secondary N) is 1. The van der Waals surface area contributed by atoms with Crippen LogP contribution in [-0.4, -0.2) is 42.3 Å². The molecule has 0 aromatic heterocycles. The largest absolute Gasteiger partial charge is 0.478 e. The molecule has 1 saturated heterocycles. The lowest BCUT2D eigenvalue weighted by Crippen LogP contribution is -2.30. The van der Waals surface area contributed by atoms with Gasteiger partial charge in [0.2, 0.25) is 0 Å². The summed E-state index contributed by atoms with van der Waals surface area (Å²) in [6, 6.07) is 3.81. The first-order valence-electron chi connectivity index (χ1n) is 5.79. The van der Waals surface area contributed by atoms with Crippen molar-refractivity contribution < 1.29 is 19.6 Å². The van der Waals surface area contributed by atoms with Crippen molar-refractivity contribution in [1.29, 1.82) is 0 Å². The molecule has 2 N–H and O–H groups in total. The number of rotatable bonds is 2. The Morgan fingerprint density at radius 2 is 2.00 bits per heavy atom. The van der Waals surface area contributed by atoms with Crippen LogP contribution >= 0.6 is 12.4 Å². The molecule has 0 bridgehead atoms. The minimum Gasteiger partial charge on any atom is -0.478 e. The Bertz CT molecular complexity index is 452. The highest BCUT2D eigenvalue weighted by molar-refractivity contribution is 5.88. The average Bonchev–Trinajstić information content (AvgIpc) is 2.41. The van der Waals surface area contributed by atoms with Crippen molar-refractivity contribution in [3.8, 4) is 0 Å². The number of nitro benzene ring substituents is 1. The molecule has 1 fully saturated rings. The van der Waals surface area contributed by atoms with Crippen molar-refractivity contribution in [3.05, 3.63) is 39.4 Å². The highest BCUT2D eigenvalue weighted by atomic mass is 35.5. The lowest BCUT2D eigenvalue weighted by atomic mass is 10.1. The second-order valence-corrected chi connectivity index (χ2v) is 3.93. The van der Waals surface area contributed by atoms with E-state index in [4.69, 9.17) is 9.84 Å². The van der Waals surface area contributed by atoms with E-state index >= 15 is 0 Å². The summed E-state index contributed by atoms with van der Waals surface area (Å²) < 4.78 is 5.01. The minimum atomic E-state index is -1.16. The smallest absolute Gasteiger partial charge is 0.335 e. The highest BCUT2D eigenvalue weighted by Crippen LogP contribution is 2.18. The predicted octanol–water partition coefficient (Wildman–Crippen LogP) is 1.63. The van der Waals surface area contributed by atoms with E-state index in [-0.39, 0.29) is 23.7 Å². The second-order valence-electron chi connectivity index (χ2n) is 3.93. The van der Waals surface area contributed by atoms with E-state index in [0.29, 0.717) is 5.56 Å². The van der Waals surface area contributed by atoms with Crippen LogP contribution in [-0.2, 0) is 4.74 Å². The van der Waals surface area contributed by atoms with Crippen LogP contribution in [0.4, 0.5) is 5.69 Å². The zero-order chi connectivity index (χ0) is 14.3. The van der Waals surface area contributed by atoms with Gasteiger partial charge in [-0.3, -0.25) is 10.1 Å². The number of aryl methyl sites for hydroxylation is 1. The first-order chi connectivity index (χ1) is 9.02. The van der Waals surface area contributed by atoms with Crippen molar-refractivity contribution >= 4 is 24.1 Å². The van der Waals surface area contributed by atoms with Crippen LogP contribution in [0.3, 0.4) is 0 Å². The third kappa shape index (κ3) is 5.96. The van der Waals surface area contributed by atoms with Gasteiger partial charge in [0.1, 0.15) is 0 Å². The lowest BCUT2D eigenvalue weighted by molar-refractivity contribution is -0.385. The first-order valence-corrected chi connectivity index (χ1v) is 5.79. The van der Waals surface area contributed by atoms with Crippen LogP contribution in [0.25, 0.3) is 0 Å². The molecule has 1 aliphatic rings. The molecule has 20 heavy (non-hydrogen) atoms. The number of carboxylic acids is 1. The number of ether oxygens (including phenoxy) is 1. The predicted molar refractivity (Wildman–Crippen MR) is 75.7 cm³/mol. The minimum absolute atomic E-state index is 0. The quantitative estimate of drug-likeness (QED) is 0.636. The van der Waals surface area contributed by atoms with Crippen LogP contribution in [0.2, 0.25) is 0 Å². The molecule has 112 valence electrons. The normalized spacial score (nSPS) is 13.4. The van der Waals surface area contributed by atoms with E-state index < -0.39 is 10.9 Å². The van der Waals surface area contributed by atoms with Gasteiger partial charge in [0.15, 0.2) is 0 Å². The van der Waals surface area contributed by atoms with E-state index in [2.05, 4.69) is 5.32 Å². The summed E-state index contributed by atoms with van der Waals surface area (Å²) in [6.07, 6.45) is 0. The number of carbonyl (C=O) groups is 1. The molecule has 1 aromatic rings. The van der Waals surface area contributed by atoms with Crippen LogP contribution < -0.4 is 5.32 Å². The molecule has 1 aromatic carbocycles. The van der Waals surface area contributed by atoms with Gasteiger partial charge >= 0.3 is 5.97 Å². The van der Waals surface area contributed by atoms with Crippen LogP contribution in [0.1, 0.15) is 15.9 Å². The molecule has 7 nitrogen and oxygen atoms in total. The summed E-state index contributed by atoms with van der Waals surface area (Å²) in [4.78, 5) is 20.3. The topological polar surface area (TPSA) is 102 Å². The van der Waals surface area contributed by atoms with E-state index in [1.54, 1.807) is 6.92 Å². The number of carboxylic acid groups (broad SMARTS) is 1. The summed E-state index contributed by atoms with van der Waals surface area (Å²) in [5.41, 5.74) is 0.215. The Labute approximate surface area is 122 Å². The monoisotopic (exact) mass is 304 g/mol. The van der Waals surface area contributed by atoms with E-state index in [9.17, 15) is 14.9 Å². The van der Waals surface area contributed by atoms with E-state index in [0.717, 1.165) is 32.4 Å². The fourth-order valence-electron chi connectivity index (χ4n) is 1.45. The zero-order valence-corrected chi connectivity index (χ0v) is 11.8. The molecule has 2 rings (SSSR count). The molecule has 0 unspecified atom stereocenters. The van der Waals surface area contributed by atoms with Gasteiger partial charge in [-0.2, -0.15) is 0 Å². The number of nitrogens with zero attached hydrogens (tertiary/aromatic N) is 1. The van der Waals surface area contributed by atoms with Gasteiger partial charge in [-0.15, -0.1) is 12.4 Å². The first kappa shape index (κ1) is 18.3. The van der Waals surface area contributed by atoms with Gasteiger partial charge in [0.25, 0.3) is 5.69 Å². The third-order valence-electron chi connectivity index (χ3n) is 2.50. The highest BCUT2D eigenvalue weighted by Gasteiger charge is 2.13. The fraction of sp³-hybridized carbons (Fsp3) is 0.417. The van der Waals surface area contributed by atoms with Crippen LogP contribution in [0.5, 0.6) is 0 Å².